The molecule has 4 nitrogen and oxygen atoms in total. The molecule has 0 aromatic heterocycles. The normalized spacial score (nSPS) is 11.8. The van der Waals surface area contributed by atoms with Gasteiger partial charge in [-0.05, 0) is 36.1 Å². The molecular formula is C20H25NO3. The second-order valence-corrected chi connectivity index (χ2v) is 5.54. The van der Waals surface area contributed by atoms with Crippen LogP contribution >= 0.6 is 0 Å². The molecule has 0 radical (unpaired) electrons. The molecule has 0 heterocycles. The van der Waals surface area contributed by atoms with Crippen LogP contribution in [0.15, 0.2) is 54.6 Å². The Bertz CT molecular complexity index is 611. The van der Waals surface area contributed by atoms with E-state index in [1.807, 2.05) is 49.4 Å². The highest BCUT2D eigenvalue weighted by molar-refractivity contribution is 5.81. The minimum atomic E-state index is -0.477. The number of ether oxygens (including phenoxy) is 2. The van der Waals surface area contributed by atoms with E-state index < -0.39 is 6.10 Å². The molecule has 0 spiro atoms. The van der Waals surface area contributed by atoms with Crippen LogP contribution in [-0.2, 0) is 9.53 Å². The standard InChI is InChI=1S/C20H25NO3/c1-3-19(20(22)21-14-7-15-23-2)24-18-12-10-17(11-13-18)16-8-5-4-6-9-16/h4-6,8-13,19H,3,7,14-15H2,1-2H3,(H,21,22). The molecule has 0 saturated heterocycles. The van der Waals surface area contributed by atoms with E-state index in [1.54, 1.807) is 7.11 Å². The summed E-state index contributed by atoms with van der Waals surface area (Å²) < 4.78 is 10.8. The third-order valence-electron chi connectivity index (χ3n) is 3.73. The third-order valence-corrected chi connectivity index (χ3v) is 3.73. The van der Waals surface area contributed by atoms with Gasteiger partial charge in [0.2, 0.25) is 0 Å². The van der Waals surface area contributed by atoms with Crippen molar-refractivity contribution >= 4 is 5.91 Å². The highest BCUT2D eigenvalue weighted by atomic mass is 16.5. The summed E-state index contributed by atoms with van der Waals surface area (Å²) >= 11 is 0. The fraction of sp³-hybridized carbons (Fsp3) is 0.350. The molecule has 0 saturated carbocycles. The summed E-state index contributed by atoms with van der Waals surface area (Å²) in [5.74, 6) is 0.620. The van der Waals surface area contributed by atoms with Crippen molar-refractivity contribution in [3.05, 3.63) is 54.6 Å². The Morgan fingerprint density at radius 3 is 2.33 bits per heavy atom. The van der Waals surface area contributed by atoms with Crippen molar-refractivity contribution in [3.63, 3.8) is 0 Å². The number of hydrogen-bond donors (Lipinski definition) is 1. The Hall–Kier alpha value is -2.33. The van der Waals surface area contributed by atoms with E-state index in [2.05, 4.69) is 17.4 Å². The zero-order chi connectivity index (χ0) is 17.2. The first-order chi connectivity index (χ1) is 11.7. The topological polar surface area (TPSA) is 47.6 Å². The minimum absolute atomic E-state index is 0.0826. The number of carbonyl (C=O) groups is 1. The molecule has 1 atom stereocenters. The number of benzene rings is 2. The number of methoxy groups -OCH3 is 1. The second-order valence-electron chi connectivity index (χ2n) is 5.54. The van der Waals surface area contributed by atoms with Crippen LogP contribution in [0.4, 0.5) is 0 Å². The van der Waals surface area contributed by atoms with E-state index in [9.17, 15) is 4.79 Å². The number of carbonyl (C=O) groups excluding carboxylic acids is 1. The summed E-state index contributed by atoms with van der Waals surface area (Å²) in [7, 11) is 1.65. The lowest BCUT2D eigenvalue weighted by Gasteiger charge is -2.17. The Balaban J connectivity index is 1.92. The highest BCUT2D eigenvalue weighted by Gasteiger charge is 2.17. The van der Waals surface area contributed by atoms with Gasteiger partial charge in [0, 0.05) is 20.3 Å². The summed E-state index contributed by atoms with van der Waals surface area (Å²) in [6.45, 7) is 3.18. The second kappa shape index (κ2) is 9.73. The van der Waals surface area contributed by atoms with Gasteiger partial charge in [-0.2, -0.15) is 0 Å². The Morgan fingerprint density at radius 2 is 1.71 bits per heavy atom. The van der Waals surface area contributed by atoms with Crippen LogP contribution < -0.4 is 10.1 Å². The molecule has 24 heavy (non-hydrogen) atoms. The van der Waals surface area contributed by atoms with Gasteiger partial charge in [0.15, 0.2) is 6.10 Å². The average Bonchev–Trinajstić information content (AvgIpc) is 2.64. The van der Waals surface area contributed by atoms with E-state index in [-0.39, 0.29) is 5.91 Å². The van der Waals surface area contributed by atoms with Crippen molar-refractivity contribution in [2.45, 2.75) is 25.9 Å². The van der Waals surface area contributed by atoms with Gasteiger partial charge in [0.05, 0.1) is 0 Å². The van der Waals surface area contributed by atoms with Gasteiger partial charge < -0.3 is 14.8 Å². The van der Waals surface area contributed by atoms with Crippen molar-refractivity contribution in [2.75, 3.05) is 20.3 Å². The van der Waals surface area contributed by atoms with Gasteiger partial charge in [-0.25, -0.2) is 0 Å². The van der Waals surface area contributed by atoms with Crippen LogP contribution in [0.1, 0.15) is 19.8 Å². The Labute approximate surface area is 143 Å². The molecule has 0 aliphatic rings. The van der Waals surface area contributed by atoms with Crippen LogP contribution in [-0.4, -0.2) is 32.3 Å². The lowest BCUT2D eigenvalue weighted by Crippen LogP contribution is -2.38. The molecule has 1 N–H and O–H groups in total. The maximum absolute atomic E-state index is 12.2. The fourth-order valence-electron chi connectivity index (χ4n) is 2.39. The van der Waals surface area contributed by atoms with Crippen molar-refractivity contribution in [2.24, 2.45) is 0 Å². The zero-order valence-corrected chi connectivity index (χ0v) is 14.3. The highest BCUT2D eigenvalue weighted by Crippen LogP contribution is 2.23. The van der Waals surface area contributed by atoms with Crippen molar-refractivity contribution < 1.29 is 14.3 Å². The van der Waals surface area contributed by atoms with E-state index in [0.717, 1.165) is 17.5 Å². The molecule has 2 aromatic rings. The van der Waals surface area contributed by atoms with Crippen molar-refractivity contribution in [3.8, 4) is 16.9 Å². The summed E-state index contributed by atoms with van der Waals surface area (Å²) in [4.78, 5) is 12.2. The monoisotopic (exact) mass is 327 g/mol. The first kappa shape index (κ1) is 18.0. The Kier molecular flexibility index (Phi) is 7.30. The van der Waals surface area contributed by atoms with Crippen LogP contribution in [0.3, 0.4) is 0 Å². The van der Waals surface area contributed by atoms with E-state index in [0.29, 0.717) is 25.3 Å². The summed E-state index contributed by atoms with van der Waals surface area (Å²) in [5, 5.41) is 2.88. The van der Waals surface area contributed by atoms with Gasteiger partial charge in [-0.3, -0.25) is 4.79 Å². The van der Waals surface area contributed by atoms with Gasteiger partial charge in [0.25, 0.3) is 5.91 Å². The van der Waals surface area contributed by atoms with Crippen LogP contribution in [0.25, 0.3) is 11.1 Å². The summed E-state index contributed by atoms with van der Waals surface area (Å²) in [5.41, 5.74) is 2.28. The molecule has 2 aromatic carbocycles. The van der Waals surface area contributed by atoms with Crippen LogP contribution in [0.2, 0.25) is 0 Å². The summed E-state index contributed by atoms with van der Waals surface area (Å²) in [6, 6.07) is 18.0. The minimum Gasteiger partial charge on any atom is -0.481 e. The molecule has 1 amide bonds. The van der Waals surface area contributed by atoms with Crippen LogP contribution in [0.5, 0.6) is 5.75 Å². The molecule has 2 rings (SSSR count). The average molecular weight is 327 g/mol. The van der Waals surface area contributed by atoms with Gasteiger partial charge in [0.1, 0.15) is 5.75 Å². The van der Waals surface area contributed by atoms with Gasteiger partial charge >= 0.3 is 0 Å². The lowest BCUT2D eigenvalue weighted by atomic mass is 10.1. The smallest absolute Gasteiger partial charge is 0.261 e. The predicted octanol–water partition coefficient (Wildman–Crippen LogP) is 3.66. The predicted molar refractivity (Wildman–Crippen MR) is 96.1 cm³/mol. The zero-order valence-electron chi connectivity index (χ0n) is 14.3. The molecular weight excluding hydrogens is 302 g/mol. The maximum atomic E-state index is 12.2. The Morgan fingerprint density at radius 1 is 1.04 bits per heavy atom. The quantitative estimate of drug-likeness (QED) is 0.715. The molecule has 0 aliphatic carbocycles. The molecule has 0 fully saturated rings. The maximum Gasteiger partial charge on any atom is 0.261 e. The molecule has 128 valence electrons. The third kappa shape index (κ3) is 5.39. The first-order valence-electron chi connectivity index (χ1n) is 8.33. The van der Waals surface area contributed by atoms with E-state index >= 15 is 0 Å². The fourth-order valence-corrected chi connectivity index (χ4v) is 2.39. The molecule has 4 heteroatoms. The van der Waals surface area contributed by atoms with Gasteiger partial charge in [-0.1, -0.05) is 49.4 Å². The number of rotatable bonds is 9. The molecule has 0 aliphatic heterocycles. The number of nitrogens with one attached hydrogen (secondary N) is 1. The molecule has 1 unspecified atom stereocenters. The SMILES string of the molecule is CCC(Oc1ccc(-c2ccccc2)cc1)C(=O)NCCCOC. The van der Waals surface area contributed by atoms with Crippen molar-refractivity contribution in [1.29, 1.82) is 0 Å². The molecule has 0 bridgehead atoms. The van der Waals surface area contributed by atoms with Gasteiger partial charge in [-0.15, -0.1) is 0 Å². The largest absolute Gasteiger partial charge is 0.481 e. The first-order valence-corrected chi connectivity index (χ1v) is 8.33. The number of hydrogen-bond acceptors (Lipinski definition) is 3. The van der Waals surface area contributed by atoms with Crippen molar-refractivity contribution in [1.82, 2.24) is 5.32 Å². The van der Waals surface area contributed by atoms with E-state index in [4.69, 9.17) is 9.47 Å². The van der Waals surface area contributed by atoms with E-state index in [1.165, 1.54) is 0 Å². The lowest BCUT2D eigenvalue weighted by molar-refractivity contribution is -0.128. The van der Waals surface area contributed by atoms with Crippen LogP contribution in [0, 0.1) is 0 Å². The summed E-state index contributed by atoms with van der Waals surface area (Å²) in [6.07, 6.45) is 0.941. The number of amides is 1.